The van der Waals surface area contributed by atoms with E-state index in [9.17, 15) is 0 Å². The van der Waals surface area contributed by atoms with Crippen LogP contribution >= 0.6 is 0 Å². The summed E-state index contributed by atoms with van der Waals surface area (Å²) < 4.78 is 0. The van der Waals surface area contributed by atoms with E-state index >= 15 is 0 Å². The molecule has 0 saturated heterocycles. The summed E-state index contributed by atoms with van der Waals surface area (Å²) in [6.45, 7) is 9.05. The minimum absolute atomic E-state index is 0.135. The maximum absolute atomic E-state index is 6.87. The van der Waals surface area contributed by atoms with E-state index in [4.69, 9.17) is 6.57 Å². The molecule has 0 N–H and O–H groups in total. The smallest absolute Gasteiger partial charge is 0.233 e. The van der Waals surface area contributed by atoms with Crippen LogP contribution in [0.2, 0.25) is 0 Å². The molecule has 1 aliphatic rings. The fourth-order valence-electron chi connectivity index (χ4n) is 1.07. The number of hydrogen-bond acceptors (Lipinski definition) is 0. The van der Waals surface area contributed by atoms with Gasteiger partial charge in [0.1, 0.15) is 0 Å². The summed E-state index contributed by atoms with van der Waals surface area (Å²) in [4.78, 5) is 3.62. The molecule has 0 aromatic carbocycles. The fraction of sp³-hybridized carbons (Fsp3) is 0.875. The summed E-state index contributed by atoms with van der Waals surface area (Å²) in [5.41, 5.74) is 0.135. The fourth-order valence-corrected chi connectivity index (χ4v) is 1.07. The third-order valence-corrected chi connectivity index (χ3v) is 2.06. The van der Waals surface area contributed by atoms with Crippen molar-refractivity contribution >= 4 is 0 Å². The van der Waals surface area contributed by atoms with Gasteiger partial charge in [0.2, 0.25) is 5.54 Å². The van der Waals surface area contributed by atoms with Gasteiger partial charge >= 0.3 is 0 Å². The molecule has 0 bridgehead atoms. The Balaban J connectivity index is 2.20. The largest absolute Gasteiger partial charge is 0.310 e. The molecular weight excluding hydrogens is 110 g/mol. The summed E-state index contributed by atoms with van der Waals surface area (Å²) in [7, 11) is 0. The van der Waals surface area contributed by atoms with Gasteiger partial charge in [0, 0.05) is 19.3 Å². The van der Waals surface area contributed by atoms with Crippen LogP contribution in [0.15, 0.2) is 0 Å². The molecule has 0 atom stereocenters. The minimum atomic E-state index is 0.135. The van der Waals surface area contributed by atoms with Gasteiger partial charge in [0.25, 0.3) is 0 Å². The first-order valence-electron chi connectivity index (χ1n) is 3.71. The van der Waals surface area contributed by atoms with Crippen molar-refractivity contribution in [3.05, 3.63) is 11.4 Å². The van der Waals surface area contributed by atoms with Crippen molar-refractivity contribution in [3.63, 3.8) is 0 Å². The summed E-state index contributed by atoms with van der Waals surface area (Å²) in [5.74, 6) is 0. The van der Waals surface area contributed by atoms with Crippen LogP contribution in [0, 0.1) is 6.57 Å². The quantitative estimate of drug-likeness (QED) is 0.508. The molecule has 50 valence electrons. The molecule has 0 unspecified atom stereocenters. The third-order valence-electron chi connectivity index (χ3n) is 2.06. The predicted molar refractivity (Wildman–Crippen MR) is 38.1 cm³/mol. The molecule has 1 heteroatoms. The predicted octanol–water partition coefficient (Wildman–Crippen LogP) is 2.63. The first-order valence-corrected chi connectivity index (χ1v) is 3.71. The van der Waals surface area contributed by atoms with Gasteiger partial charge in [0.15, 0.2) is 0 Å². The highest BCUT2D eigenvalue weighted by molar-refractivity contribution is 5.10. The minimum Gasteiger partial charge on any atom is -0.310 e. The SMILES string of the molecule is [C-]#[N+]C1(CCCC)CC1. The van der Waals surface area contributed by atoms with Crippen LogP contribution in [0.1, 0.15) is 39.0 Å². The number of rotatable bonds is 3. The van der Waals surface area contributed by atoms with Crippen LogP contribution in [0.4, 0.5) is 0 Å². The van der Waals surface area contributed by atoms with Crippen LogP contribution in [0.3, 0.4) is 0 Å². The zero-order chi connectivity index (χ0) is 6.74. The summed E-state index contributed by atoms with van der Waals surface area (Å²) in [5, 5.41) is 0. The molecule has 1 aliphatic carbocycles. The zero-order valence-electron chi connectivity index (χ0n) is 5.98. The van der Waals surface area contributed by atoms with Crippen molar-refractivity contribution < 1.29 is 0 Å². The van der Waals surface area contributed by atoms with E-state index < -0.39 is 0 Å². The van der Waals surface area contributed by atoms with Crippen molar-refractivity contribution in [2.45, 2.75) is 44.6 Å². The lowest BCUT2D eigenvalue weighted by Gasteiger charge is -1.97. The lowest BCUT2D eigenvalue weighted by atomic mass is 10.1. The molecule has 1 rings (SSSR count). The first kappa shape index (κ1) is 6.61. The molecule has 9 heavy (non-hydrogen) atoms. The highest BCUT2D eigenvalue weighted by atomic mass is 14.9. The van der Waals surface area contributed by atoms with E-state index in [1.165, 1.54) is 12.8 Å². The van der Waals surface area contributed by atoms with Gasteiger partial charge in [-0.15, -0.1) is 0 Å². The maximum Gasteiger partial charge on any atom is 0.233 e. The van der Waals surface area contributed by atoms with E-state index in [2.05, 4.69) is 11.8 Å². The maximum atomic E-state index is 6.87. The second-order valence-electron chi connectivity index (χ2n) is 2.94. The average molecular weight is 123 g/mol. The molecule has 0 aromatic heterocycles. The highest BCUT2D eigenvalue weighted by Crippen LogP contribution is 2.43. The normalized spacial score (nSPS) is 20.9. The van der Waals surface area contributed by atoms with Gasteiger partial charge in [-0.05, 0) is 6.42 Å². The van der Waals surface area contributed by atoms with Crippen molar-refractivity contribution in [1.29, 1.82) is 0 Å². The van der Waals surface area contributed by atoms with Crippen molar-refractivity contribution in [3.8, 4) is 0 Å². The Labute approximate surface area is 56.9 Å². The Morgan fingerprint density at radius 1 is 1.56 bits per heavy atom. The molecule has 0 amide bonds. The lowest BCUT2D eigenvalue weighted by molar-refractivity contribution is 0.632. The van der Waals surface area contributed by atoms with Gasteiger partial charge < -0.3 is 4.85 Å². The Morgan fingerprint density at radius 2 is 2.22 bits per heavy atom. The lowest BCUT2D eigenvalue weighted by Crippen LogP contribution is -1.99. The van der Waals surface area contributed by atoms with Gasteiger partial charge in [0.05, 0.1) is 0 Å². The molecule has 0 aromatic rings. The summed E-state index contributed by atoms with van der Waals surface area (Å²) in [6, 6.07) is 0. The summed E-state index contributed by atoms with van der Waals surface area (Å²) in [6.07, 6.45) is 5.94. The third kappa shape index (κ3) is 1.45. The van der Waals surface area contributed by atoms with E-state index in [-0.39, 0.29) is 5.54 Å². The second kappa shape index (κ2) is 2.39. The van der Waals surface area contributed by atoms with Crippen LogP contribution in [-0.2, 0) is 0 Å². The molecular formula is C8H13N. The van der Waals surface area contributed by atoms with Gasteiger partial charge in [-0.25, -0.2) is 6.57 Å². The Bertz CT molecular complexity index is 128. The summed E-state index contributed by atoms with van der Waals surface area (Å²) >= 11 is 0. The Hall–Kier alpha value is -0.510. The van der Waals surface area contributed by atoms with Crippen LogP contribution < -0.4 is 0 Å². The van der Waals surface area contributed by atoms with Crippen LogP contribution in [0.25, 0.3) is 4.85 Å². The second-order valence-corrected chi connectivity index (χ2v) is 2.94. The van der Waals surface area contributed by atoms with E-state index in [1.54, 1.807) is 0 Å². The van der Waals surface area contributed by atoms with Gasteiger partial charge in [-0.1, -0.05) is 13.3 Å². The van der Waals surface area contributed by atoms with Crippen LogP contribution in [0.5, 0.6) is 0 Å². The standard InChI is InChI=1S/C8H13N/c1-3-4-5-8(9-2)6-7-8/h3-7H2,1H3. The van der Waals surface area contributed by atoms with Crippen molar-refractivity contribution in [2.75, 3.05) is 0 Å². The molecule has 0 radical (unpaired) electrons. The van der Waals surface area contributed by atoms with Crippen molar-refractivity contribution in [1.82, 2.24) is 0 Å². The van der Waals surface area contributed by atoms with Crippen LogP contribution in [-0.4, -0.2) is 5.54 Å². The monoisotopic (exact) mass is 123 g/mol. The van der Waals surface area contributed by atoms with Crippen molar-refractivity contribution in [2.24, 2.45) is 0 Å². The molecule has 1 fully saturated rings. The molecule has 1 saturated carbocycles. The first-order chi connectivity index (χ1) is 4.33. The van der Waals surface area contributed by atoms with E-state index in [0.29, 0.717) is 0 Å². The highest BCUT2D eigenvalue weighted by Gasteiger charge is 2.49. The Kier molecular flexibility index (Phi) is 1.75. The number of unbranched alkanes of at least 4 members (excludes halogenated alkanes) is 1. The Morgan fingerprint density at radius 3 is 2.56 bits per heavy atom. The molecule has 0 spiro atoms. The number of hydrogen-bond donors (Lipinski definition) is 0. The molecule has 0 aliphatic heterocycles. The van der Waals surface area contributed by atoms with Gasteiger partial charge in [-0.3, -0.25) is 0 Å². The topological polar surface area (TPSA) is 4.36 Å². The van der Waals surface area contributed by atoms with Gasteiger partial charge in [-0.2, -0.15) is 0 Å². The van der Waals surface area contributed by atoms with E-state index in [0.717, 1.165) is 19.3 Å². The number of nitrogens with zero attached hydrogens (tertiary/aromatic N) is 1. The zero-order valence-corrected chi connectivity index (χ0v) is 5.98. The molecule has 0 heterocycles. The average Bonchev–Trinajstić information content (AvgIpc) is 2.65. The molecule has 1 nitrogen and oxygen atoms in total. The van der Waals surface area contributed by atoms with E-state index in [1.807, 2.05) is 0 Å².